The molecule has 1 unspecified atom stereocenters. The molecule has 1 aromatic heterocycles. The number of anilines is 1. The smallest absolute Gasteiger partial charge is 0.337 e. The summed E-state index contributed by atoms with van der Waals surface area (Å²) in [6, 6.07) is 8.13. The van der Waals surface area contributed by atoms with Gasteiger partial charge < -0.3 is 19.5 Å². The van der Waals surface area contributed by atoms with Crippen LogP contribution in [0.4, 0.5) is 5.69 Å². The first-order valence-electron chi connectivity index (χ1n) is 13.9. The van der Waals surface area contributed by atoms with Gasteiger partial charge in [0.25, 0.3) is 0 Å². The average Bonchev–Trinajstić information content (AvgIpc) is 2.77. The van der Waals surface area contributed by atoms with Gasteiger partial charge in [0, 0.05) is 35.6 Å². The summed E-state index contributed by atoms with van der Waals surface area (Å²) in [4.78, 5) is 19.8. The van der Waals surface area contributed by atoms with Gasteiger partial charge >= 0.3 is 5.97 Å². The summed E-state index contributed by atoms with van der Waals surface area (Å²) in [5.74, 6) is -0.169. The quantitative estimate of drug-likeness (QED) is 0.381. The summed E-state index contributed by atoms with van der Waals surface area (Å²) in [7, 11) is 0. The van der Waals surface area contributed by atoms with E-state index in [2.05, 4.69) is 51.7 Å². The fraction of sp³-hybridized carbons (Fsp3) is 0.625. The highest BCUT2D eigenvalue weighted by Crippen LogP contribution is 2.45. The number of ether oxygens (including phenoxy) is 2. The summed E-state index contributed by atoms with van der Waals surface area (Å²) >= 11 is 0. The van der Waals surface area contributed by atoms with Crippen molar-refractivity contribution in [2.45, 2.75) is 100 Å². The maximum atomic E-state index is 12.6. The zero-order chi connectivity index (χ0) is 28.5. The van der Waals surface area contributed by atoms with E-state index in [1.54, 1.807) is 0 Å². The molecule has 1 aliphatic heterocycles. The van der Waals surface area contributed by atoms with Crippen LogP contribution in [0.3, 0.4) is 0 Å². The number of carboxylic acids is 1. The van der Waals surface area contributed by atoms with Gasteiger partial charge in [0.05, 0.1) is 17.9 Å². The second-order valence-corrected chi connectivity index (χ2v) is 13.7. The number of aliphatic carboxylic acids is 1. The number of aromatic nitrogens is 1. The Hall–Kier alpha value is -2.60. The number of hydrogen-bond donors (Lipinski definition) is 1. The van der Waals surface area contributed by atoms with E-state index in [1.165, 1.54) is 0 Å². The molecule has 1 saturated heterocycles. The summed E-state index contributed by atoms with van der Waals surface area (Å²) < 4.78 is 12.2. The van der Waals surface area contributed by atoms with Gasteiger partial charge in [0.1, 0.15) is 5.75 Å². The summed E-state index contributed by atoms with van der Waals surface area (Å²) in [5, 5.41) is 10.3. The first-order valence-corrected chi connectivity index (χ1v) is 13.9. The maximum absolute atomic E-state index is 12.6. The molecule has 1 N–H and O–H groups in total. The monoisotopic (exact) mass is 524 g/mol. The van der Waals surface area contributed by atoms with Crippen LogP contribution in [-0.4, -0.2) is 41.4 Å². The Morgan fingerprint density at radius 1 is 1.03 bits per heavy atom. The third-order valence-corrected chi connectivity index (χ3v) is 7.23. The van der Waals surface area contributed by atoms with Crippen LogP contribution in [0, 0.1) is 24.7 Å². The Labute approximate surface area is 229 Å². The molecule has 0 radical (unpaired) electrons. The lowest BCUT2D eigenvalue weighted by atomic mass is 9.82. The second-order valence-electron chi connectivity index (χ2n) is 13.7. The van der Waals surface area contributed by atoms with Gasteiger partial charge in [-0.05, 0) is 82.4 Å². The molecule has 1 fully saturated rings. The molecule has 6 nitrogen and oxygen atoms in total. The fourth-order valence-corrected chi connectivity index (χ4v) is 4.95. The second kappa shape index (κ2) is 11.3. The highest BCUT2D eigenvalue weighted by atomic mass is 16.5. The normalized spacial score (nSPS) is 16.8. The van der Waals surface area contributed by atoms with Gasteiger partial charge in [-0.2, -0.15) is 0 Å². The molecule has 0 aliphatic carbocycles. The van der Waals surface area contributed by atoms with Crippen molar-refractivity contribution in [3.05, 3.63) is 41.2 Å². The van der Waals surface area contributed by atoms with Crippen LogP contribution in [0.25, 0.3) is 11.1 Å². The zero-order valence-corrected chi connectivity index (χ0v) is 25.2. The van der Waals surface area contributed by atoms with Gasteiger partial charge in [-0.1, -0.05) is 46.8 Å². The van der Waals surface area contributed by atoms with E-state index in [9.17, 15) is 9.90 Å². The highest BCUT2D eigenvalue weighted by Gasteiger charge is 2.36. The number of piperidine rings is 1. The Balaban J connectivity index is 2.13. The first kappa shape index (κ1) is 29.9. The molecule has 0 spiro atoms. The van der Waals surface area contributed by atoms with Crippen LogP contribution in [0.2, 0.25) is 0 Å². The topological polar surface area (TPSA) is 71.9 Å². The van der Waals surface area contributed by atoms with E-state index in [4.69, 9.17) is 14.5 Å². The SMILES string of the molecule is Cc1nc(C)c(C(OC(C)(C)C)C(=O)O)c(N2CCC(C)(C)CC2)c1-c1ccc(OCCC(C)(C)C)cc1. The Morgan fingerprint density at radius 3 is 2.11 bits per heavy atom. The lowest BCUT2D eigenvalue weighted by Crippen LogP contribution is -2.39. The molecule has 1 atom stereocenters. The van der Waals surface area contributed by atoms with Crippen LogP contribution in [0.15, 0.2) is 24.3 Å². The predicted molar refractivity (Wildman–Crippen MR) is 155 cm³/mol. The van der Waals surface area contributed by atoms with Crippen LogP contribution < -0.4 is 9.64 Å². The molecule has 0 amide bonds. The van der Waals surface area contributed by atoms with E-state index < -0.39 is 17.7 Å². The van der Waals surface area contributed by atoms with Gasteiger partial charge in [0.2, 0.25) is 0 Å². The number of hydrogen-bond acceptors (Lipinski definition) is 5. The third-order valence-electron chi connectivity index (χ3n) is 7.23. The number of aryl methyl sites for hydroxylation is 2. The van der Waals surface area contributed by atoms with E-state index in [0.717, 1.165) is 60.6 Å². The largest absolute Gasteiger partial charge is 0.494 e. The number of pyridine rings is 1. The number of benzene rings is 1. The molecular formula is C32H48N2O4. The predicted octanol–water partition coefficient (Wildman–Crippen LogP) is 7.75. The Morgan fingerprint density at radius 2 is 1.61 bits per heavy atom. The molecule has 210 valence electrons. The Kier molecular flexibility index (Phi) is 8.87. The Bertz CT molecular complexity index is 1110. The number of nitrogens with zero attached hydrogens (tertiary/aromatic N) is 2. The zero-order valence-electron chi connectivity index (χ0n) is 25.2. The van der Waals surface area contributed by atoms with Crippen molar-refractivity contribution in [3.63, 3.8) is 0 Å². The lowest BCUT2D eigenvalue weighted by molar-refractivity contribution is -0.160. The summed E-state index contributed by atoms with van der Waals surface area (Å²) in [6.45, 7) is 23.2. The van der Waals surface area contributed by atoms with Crippen molar-refractivity contribution in [2.75, 3.05) is 24.6 Å². The van der Waals surface area contributed by atoms with Gasteiger partial charge in [-0.25, -0.2) is 4.79 Å². The average molecular weight is 525 g/mol. The summed E-state index contributed by atoms with van der Waals surface area (Å²) in [5.41, 5.74) is 4.98. The van der Waals surface area contributed by atoms with Crippen molar-refractivity contribution in [2.24, 2.45) is 10.8 Å². The standard InChI is InChI=1S/C32H48N2O4/c1-21-25(23-11-13-24(14-12-23)37-20-17-30(3,4)5)27(34-18-15-32(9,10)16-19-34)26(22(2)33-21)28(29(35)36)38-31(6,7)8/h11-14,28H,15-20H2,1-10H3,(H,35,36). The van der Waals surface area contributed by atoms with Crippen molar-refractivity contribution in [1.82, 2.24) is 4.98 Å². The molecule has 0 bridgehead atoms. The van der Waals surface area contributed by atoms with E-state index in [1.807, 2.05) is 46.8 Å². The maximum Gasteiger partial charge on any atom is 0.337 e. The number of carbonyl (C=O) groups is 1. The number of carboxylic acid groups (broad SMARTS) is 1. The van der Waals surface area contributed by atoms with Crippen LogP contribution in [0.5, 0.6) is 5.75 Å². The van der Waals surface area contributed by atoms with E-state index in [-0.39, 0.29) is 10.8 Å². The molecular weight excluding hydrogens is 476 g/mol. The third kappa shape index (κ3) is 7.72. The molecule has 2 heterocycles. The van der Waals surface area contributed by atoms with Crippen molar-refractivity contribution in [3.8, 4) is 16.9 Å². The van der Waals surface area contributed by atoms with Crippen LogP contribution >= 0.6 is 0 Å². The van der Waals surface area contributed by atoms with Crippen LogP contribution in [0.1, 0.15) is 97.7 Å². The lowest BCUT2D eigenvalue weighted by Gasteiger charge is -2.41. The van der Waals surface area contributed by atoms with Crippen molar-refractivity contribution in [1.29, 1.82) is 0 Å². The first-order chi connectivity index (χ1) is 17.5. The molecule has 38 heavy (non-hydrogen) atoms. The minimum atomic E-state index is -1.12. The fourth-order valence-electron chi connectivity index (χ4n) is 4.95. The molecule has 6 heteroatoms. The van der Waals surface area contributed by atoms with Crippen LogP contribution in [-0.2, 0) is 9.53 Å². The van der Waals surface area contributed by atoms with Crippen molar-refractivity contribution < 1.29 is 19.4 Å². The minimum absolute atomic E-state index is 0.217. The number of rotatable bonds is 8. The molecule has 3 rings (SSSR count). The highest BCUT2D eigenvalue weighted by molar-refractivity contribution is 5.88. The molecule has 1 aromatic carbocycles. The molecule has 1 aliphatic rings. The van der Waals surface area contributed by atoms with Crippen molar-refractivity contribution >= 4 is 11.7 Å². The summed E-state index contributed by atoms with van der Waals surface area (Å²) in [6.07, 6.45) is 1.92. The molecule has 2 aromatic rings. The minimum Gasteiger partial charge on any atom is -0.494 e. The van der Waals surface area contributed by atoms with Gasteiger partial charge in [-0.15, -0.1) is 0 Å². The van der Waals surface area contributed by atoms with E-state index >= 15 is 0 Å². The molecule has 0 saturated carbocycles. The van der Waals surface area contributed by atoms with E-state index in [0.29, 0.717) is 17.9 Å². The van der Waals surface area contributed by atoms with Gasteiger partial charge in [-0.3, -0.25) is 4.98 Å². The van der Waals surface area contributed by atoms with Gasteiger partial charge in [0.15, 0.2) is 6.10 Å².